The summed E-state index contributed by atoms with van der Waals surface area (Å²) in [5.74, 6) is -0.617. The van der Waals surface area contributed by atoms with E-state index in [-0.39, 0.29) is 15.8 Å². The molecule has 1 amide bonds. The summed E-state index contributed by atoms with van der Waals surface area (Å²) in [5.41, 5.74) is 5.32. The van der Waals surface area contributed by atoms with Gasteiger partial charge in [-0.15, -0.1) is 11.3 Å². The average Bonchev–Trinajstić information content (AvgIpc) is 2.86. The number of amides is 1. The fourth-order valence-corrected chi connectivity index (χ4v) is 4.34. The van der Waals surface area contributed by atoms with Crippen molar-refractivity contribution in [3.05, 3.63) is 17.0 Å². The van der Waals surface area contributed by atoms with Crippen LogP contribution in [-0.4, -0.2) is 45.4 Å². The van der Waals surface area contributed by atoms with E-state index in [1.54, 1.807) is 0 Å². The molecule has 3 N–H and O–H groups in total. The highest BCUT2D eigenvalue weighted by molar-refractivity contribution is 7.91. The average molecular weight is 289 g/mol. The number of primary amides is 1. The molecule has 2 heterocycles. The molecule has 1 saturated heterocycles. The molecular weight excluding hydrogens is 274 g/mol. The molecule has 1 atom stereocenters. The minimum Gasteiger partial charge on any atom is -0.366 e. The maximum atomic E-state index is 12.1. The standard InChI is InChI=1S/C10H15N3O3S2/c1-13-3-2-8(5-13)12-18(15,16)9-4-7(6-17-9)10(11)14/h4,6,8,12H,2-3,5H2,1H3,(H2,11,14). The van der Waals surface area contributed by atoms with Crippen molar-refractivity contribution in [2.24, 2.45) is 5.73 Å². The number of thiophene rings is 1. The molecule has 6 nitrogen and oxygen atoms in total. The van der Waals surface area contributed by atoms with Gasteiger partial charge >= 0.3 is 0 Å². The molecule has 0 aliphatic carbocycles. The summed E-state index contributed by atoms with van der Waals surface area (Å²) in [7, 11) is -1.60. The van der Waals surface area contributed by atoms with Gasteiger partial charge in [0.05, 0.1) is 5.56 Å². The van der Waals surface area contributed by atoms with E-state index in [0.717, 1.165) is 24.3 Å². The van der Waals surface area contributed by atoms with Crippen LogP contribution in [0.15, 0.2) is 15.7 Å². The van der Waals surface area contributed by atoms with Gasteiger partial charge in [0, 0.05) is 18.0 Å². The zero-order chi connectivity index (χ0) is 13.3. The van der Waals surface area contributed by atoms with Crippen molar-refractivity contribution in [3.8, 4) is 0 Å². The molecule has 2 rings (SSSR count). The molecule has 0 spiro atoms. The van der Waals surface area contributed by atoms with Crippen LogP contribution in [0.4, 0.5) is 0 Å². The van der Waals surface area contributed by atoms with Crippen molar-refractivity contribution in [3.63, 3.8) is 0 Å². The highest BCUT2D eigenvalue weighted by atomic mass is 32.2. The Morgan fingerprint density at radius 2 is 2.33 bits per heavy atom. The predicted octanol–water partition coefficient (Wildman–Crippen LogP) is -0.171. The fraction of sp³-hybridized carbons (Fsp3) is 0.500. The van der Waals surface area contributed by atoms with Gasteiger partial charge in [0.25, 0.3) is 0 Å². The second-order valence-corrected chi connectivity index (χ2v) is 7.24. The summed E-state index contributed by atoms with van der Waals surface area (Å²) >= 11 is 1.00. The van der Waals surface area contributed by atoms with Crippen LogP contribution in [-0.2, 0) is 10.0 Å². The lowest BCUT2D eigenvalue weighted by atomic mass is 10.3. The minimum atomic E-state index is -3.55. The van der Waals surface area contributed by atoms with Crippen molar-refractivity contribution in [2.45, 2.75) is 16.7 Å². The van der Waals surface area contributed by atoms with Crippen molar-refractivity contribution in [1.82, 2.24) is 9.62 Å². The molecule has 1 aliphatic rings. The third-order valence-electron chi connectivity index (χ3n) is 2.84. The van der Waals surface area contributed by atoms with Gasteiger partial charge < -0.3 is 10.6 Å². The Labute approximate surface area is 110 Å². The van der Waals surface area contributed by atoms with Crippen molar-refractivity contribution < 1.29 is 13.2 Å². The van der Waals surface area contributed by atoms with Crippen LogP contribution in [0.2, 0.25) is 0 Å². The quantitative estimate of drug-likeness (QED) is 0.805. The Bertz CT molecular complexity index is 552. The number of sulfonamides is 1. The molecule has 1 fully saturated rings. The first kappa shape index (κ1) is 13.5. The van der Waals surface area contributed by atoms with E-state index in [9.17, 15) is 13.2 Å². The number of carbonyl (C=O) groups excluding carboxylic acids is 1. The molecule has 8 heteroatoms. The number of likely N-dealkylation sites (N-methyl/N-ethyl adjacent to an activating group) is 1. The summed E-state index contributed by atoms with van der Waals surface area (Å²) in [4.78, 5) is 13.0. The van der Waals surface area contributed by atoms with E-state index in [1.807, 2.05) is 7.05 Å². The third kappa shape index (κ3) is 2.89. The Morgan fingerprint density at radius 3 is 2.83 bits per heavy atom. The number of carbonyl (C=O) groups is 1. The predicted molar refractivity (Wildman–Crippen MR) is 69.1 cm³/mol. The lowest BCUT2D eigenvalue weighted by Gasteiger charge is -2.11. The number of rotatable bonds is 4. The van der Waals surface area contributed by atoms with Gasteiger partial charge in [-0.25, -0.2) is 13.1 Å². The van der Waals surface area contributed by atoms with Gasteiger partial charge in [0.15, 0.2) is 0 Å². The van der Waals surface area contributed by atoms with E-state index in [0.29, 0.717) is 6.54 Å². The van der Waals surface area contributed by atoms with E-state index in [2.05, 4.69) is 9.62 Å². The summed E-state index contributed by atoms with van der Waals surface area (Å²) in [5, 5.41) is 1.46. The lowest BCUT2D eigenvalue weighted by Crippen LogP contribution is -2.36. The third-order valence-corrected chi connectivity index (χ3v) is 5.80. The monoisotopic (exact) mass is 289 g/mol. The van der Waals surface area contributed by atoms with E-state index in [4.69, 9.17) is 5.73 Å². The molecule has 100 valence electrons. The molecule has 0 radical (unpaired) electrons. The van der Waals surface area contributed by atoms with Gasteiger partial charge in [-0.1, -0.05) is 0 Å². The largest absolute Gasteiger partial charge is 0.366 e. The van der Waals surface area contributed by atoms with Crippen LogP contribution in [0, 0.1) is 0 Å². The summed E-state index contributed by atoms with van der Waals surface area (Å²) in [6.45, 7) is 1.58. The molecule has 0 saturated carbocycles. The van der Waals surface area contributed by atoms with Crippen LogP contribution in [0.5, 0.6) is 0 Å². The molecule has 18 heavy (non-hydrogen) atoms. The first-order valence-corrected chi connectivity index (χ1v) is 7.84. The summed E-state index contributed by atoms with van der Waals surface area (Å²) < 4.78 is 26.9. The van der Waals surface area contributed by atoms with Crippen molar-refractivity contribution in [2.75, 3.05) is 20.1 Å². The smallest absolute Gasteiger partial charge is 0.250 e. The second kappa shape index (κ2) is 4.96. The summed E-state index contributed by atoms with van der Waals surface area (Å²) in [6, 6.07) is 1.24. The Morgan fingerprint density at radius 1 is 1.61 bits per heavy atom. The zero-order valence-corrected chi connectivity index (χ0v) is 11.6. The Hall–Kier alpha value is -0.960. The molecule has 1 unspecified atom stereocenters. The molecule has 1 aromatic heterocycles. The number of nitrogens with zero attached hydrogens (tertiary/aromatic N) is 1. The lowest BCUT2D eigenvalue weighted by molar-refractivity contribution is 0.100. The van der Waals surface area contributed by atoms with Gasteiger partial charge in [-0.05, 0) is 26.1 Å². The highest BCUT2D eigenvalue weighted by Gasteiger charge is 2.26. The topological polar surface area (TPSA) is 92.5 Å². The fourth-order valence-electron chi connectivity index (χ4n) is 1.90. The first-order valence-electron chi connectivity index (χ1n) is 5.48. The zero-order valence-electron chi connectivity index (χ0n) is 9.92. The number of likely N-dealkylation sites (tertiary alicyclic amines) is 1. The second-order valence-electron chi connectivity index (χ2n) is 4.39. The van der Waals surface area contributed by atoms with Crippen molar-refractivity contribution >= 4 is 27.3 Å². The Balaban J connectivity index is 2.12. The normalized spacial score (nSPS) is 21.3. The van der Waals surface area contributed by atoms with Crippen LogP contribution in [0.1, 0.15) is 16.8 Å². The van der Waals surface area contributed by atoms with E-state index >= 15 is 0 Å². The van der Waals surface area contributed by atoms with Crippen LogP contribution >= 0.6 is 11.3 Å². The number of nitrogens with one attached hydrogen (secondary N) is 1. The maximum absolute atomic E-state index is 12.1. The molecule has 1 aliphatic heterocycles. The van der Waals surface area contributed by atoms with Crippen LogP contribution in [0.3, 0.4) is 0 Å². The SMILES string of the molecule is CN1CCC(NS(=O)(=O)c2cc(C(N)=O)cs2)C1. The van der Waals surface area contributed by atoms with E-state index in [1.165, 1.54) is 11.4 Å². The minimum absolute atomic E-state index is 0.0703. The van der Waals surface area contributed by atoms with Gasteiger partial charge in [0.2, 0.25) is 15.9 Å². The van der Waals surface area contributed by atoms with Crippen LogP contribution < -0.4 is 10.5 Å². The molecular formula is C10H15N3O3S2. The van der Waals surface area contributed by atoms with Gasteiger partial charge in [-0.2, -0.15) is 0 Å². The number of hydrogen-bond acceptors (Lipinski definition) is 5. The van der Waals surface area contributed by atoms with Gasteiger partial charge in [-0.3, -0.25) is 4.79 Å². The highest BCUT2D eigenvalue weighted by Crippen LogP contribution is 2.21. The van der Waals surface area contributed by atoms with Crippen LogP contribution in [0.25, 0.3) is 0 Å². The number of nitrogens with two attached hydrogens (primary N) is 1. The molecule has 0 bridgehead atoms. The Kier molecular flexibility index (Phi) is 3.71. The van der Waals surface area contributed by atoms with Gasteiger partial charge in [0.1, 0.15) is 4.21 Å². The molecule has 0 aromatic carbocycles. The maximum Gasteiger partial charge on any atom is 0.250 e. The number of hydrogen-bond donors (Lipinski definition) is 2. The first-order chi connectivity index (χ1) is 8.38. The van der Waals surface area contributed by atoms with E-state index < -0.39 is 15.9 Å². The molecule has 1 aromatic rings. The van der Waals surface area contributed by atoms with Crippen molar-refractivity contribution in [1.29, 1.82) is 0 Å². The summed E-state index contributed by atoms with van der Waals surface area (Å²) in [6.07, 6.45) is 0.795.